The Hall–Kier alpha value is -1.02. The molecule has 1 atom stereocenters. The summed E-state index contributed by atoms with van der Waals surface area (Å²) in [6.45, 7) is 3.01. The number of hydrogen-bond donors (Lipinski definition) is 1. The first-order valence-corrected chi connectivity index (χ1v) is 7.25. The maximum atomic E-state index is 5.95. The van der Waals surface area contributed by atoms with Crippen molar-refractivity contribution < 1.29 is 4.74 Å². The third-order valence-electron chi connectivity index (χ3n) is 3.91. The van der Waals surface area contributed by atoms with Crippen LogP contribution in [0.3, 0.4) is 0 Å². The average Bonchev–Trinajstić information content (AvgIpc) is 2.91. The van der Waals surface area contributed by atoms with Crippen molar-refractivity contribution in [3.8, 4) is 5.75 Å². The predicted octanol–water partition coefficient (Wildman–Crippen LogP) is 3.54. The second kappa shape index (κ2) is 6.79. The van der Waals surface area contributed by atoms with Crippen molar-refractivity contribution in [2.75, 3.05) is 6.61 Å². The molecule has 0 bridgehead atoms. The lowest BCUT2D eigenvalue weighted by molar-refractivity contribution is 0.252. The van der Waals surface area contributed by atoms with Gasteiger partial charge in [0.05, 0.1) is 6.61 Å². The van der Waals surface area contributed by atoms with Crippen LogP contribution in [0.5, 0.6) is 5.75 Å². The van der Waals surface area contributed by atoms with Gasteiger partial charge in [-0.2, -0.15) is 0 Å². The fourth-order valence-corrected chi connectivity index (χ4v) is 2.56. The Morgan fingerprint density at radius 1 is 1.22 bits per heavy atom. The molecule has 1 aliphatic carbocycles. The first-order chi connectivity index (χ1) is 8.78. The molecule has 0 spiro atoms. The summed E-state index contributed by atoms with van der Waals surface area (Å²) >= 11 is 0. The Kier molecular flexibility index (Phi) is 5.06. The van der Waals surface area contributed by atoms with Gasteiger partial charge in [0.25, 0.3) is 0 Å². The Bertz CT molecular complexity index is 341. The lowest BCUT2D eigenvalue weighted by Crippen LogP contribution is -2.21. The molecule has 100 valence electrons. The topological polar surface area (TPSA) is 35.2 Å². The van der Waals surface area contributed by atoms with Crippen LogP contribution in [0.2, 0.25) is 0 Å². The molecule has 0 heterocycles. The monoisotopic (exact) mass is 247 g/mol. The summed E-state index contributed by atoms with van der Waals surface area (Å²) < 4.78 is 5.84. The van der Waals surface area contributed by atoms with Crippen LogP contribution in [0.1, 0.15) is 44.6 Å². The highest BCUT2D eigenvalue weighted by molar-refractivity contribution is 5.27. The van der Waals surface area contributed by atoms with Crippen LogP contribution in [-0.2, 0) is 6.42 Å². The summed E-state index contributed by atoms with van der Waals surface area (Å²) in [5.41, 5.74) is 7.26. The number of ether oxygens (including phenoxy) is 1. The Morgan fingerprint density at radius 2 is 1.89 bits per heavy atom. The summed E-state index contributed by atoms with van der Waals surface area (Å²) in [6, 6.07) is 8.70. The smallest absolute Gasteiger partial charge is 0.119 e. The van der Waals surface area contributed by atoms with E-state index in [-0.39, 0.29) is 6.04 Å². The third kappa shape index (κ3) is 4.02. The zero-order chi connectivity index (χ0) is 12.8. The van der Waals surface area contributed by atoms with E-state index < -0.39 is 0 Å². The molecule has 0 radical (unpaired) electrons. The van der Waals surface area contributed by atoms with Crippen LogP contribution in [0.15, 0.2) is 24.3 Å². The third-order valence-corrected chi connectivity index (χ3v) is 3.91. The minimum absolute atomic E-state index is 0.273. The van der Waals surface area contributed by atoms with Gasteiger partial charge in [-0.3, -0.25) is 0 Å². The van der Waals surface area contributed by atoms with Crippen LogP contribution >= 0.6 is 0 Å². The minimum Gasteiger partial charge on any atom is -0.493 e. The Morgan fingerprint density at radius 3 is 2.50 bits per heavy atom. The number of hydrogen-bond acceptors (Lipinski definition) is 2. The van der Waals surface area contributed by atoms with Crippen molar-refractivity contribution in [1.82, 2.24) is 0 Å². The van der Waals surface area contributed by atoms with Crippen molar-refractivity contribution in [2.24, 2.45) is 11.7 Å². The Balaban J connectivity index is 1.79. The summed E-state index contributed by atoms with van der Waals surface area (Å²) in [4.78, 5) is 0. The quantitative estimate of drug-likeness (QED) is 0.834. The summed E-state index contributed by atoms with van der Waals surface area (Å²) in [6.07, 6.45) is 7.41. The van der Waals surface area contributed by atoms with Gasteiger partial charge in [-0.1, -0.05) is 31.9 Å². The molecule has 1 saturated carbocycles. The van der Waals surface area contributed by atoms with Crippen molar-refractivity contribution in [3.63, 3.8) is 0 Å². The SMILES string of the molecule is CCC(N)Cc1ccc(OCC2CCCC2)cc1. The number of benzene rings is 1. The molecule has 1 aromatic carbocycles. The standard InChI is InChI=1S/C16H25NO/c1-2-15(17)11-13-7-9-16(10-8-13)18-12-14-5-3-4-6-14/h7-10,14-15H,2-6,11-12,17H2,1H3. The molecule has 0 aromatic heterocycles. The van der Waals surface area contributed by atoms with E-state index in [4.69, 9.17) is 10.5 Å². The predicted molar refractivity (Wildman–Crippen MR) is 75.9 cm³/mol. The van der Waals surface area contributed by atoms with E-state index >= 15 is 0 Å². The van der Waals surface area contributed by atoms with Gasteiger partial charge < -0.3 is 10.5 Å². The second-order valence-corrected chi connectivity index (χ2v) is 5.48. The minimum atomic E-state index is 0.273. The van der Waals surface area contributed by atoms with Gasteiger partial charge in [0.2, 0.25) is 0 Å². The first kappa shape index (κ1) is 13.4. The van der Waals surface area contributed by atoms with Gasteiger partial charge in [0.1, 0.15) is 5.75 Å². The lowest BCUT2D eigenvalue weighted by Gasteiger charge is -2.12. The van der Waals surface area contributed by atoms with Gasteiger partial charge in [-0.15, -0.1) is 0 Å². The highest BCUT2D eigenvalue weighted by Gasteiger charge is 2.15. The zero-order valence-corrected chi connectivity index (χ0v) is 11.4. The summed E-state index contributed by atoms with van der Waals surface area (Å²) in [5, 5.41) is 0. The van der Waals surface area contributed by atoms with E-state index in [2.05, 4.69) is 31.2 Å². The maximum absolute atomic E-state index is 5.95. The van der Waals surface area contributed by atoms with Gasteiger partial charge in [-0.25, -0.2) is 0 Å². The van der Waals surface area contributed by atoms with E-state index in [1.54, 1.807) is 0 Å². The fraction of sp³-hybridized carbons (Fsp3) is 0.625. The molecule has 1 unspecified atom stereocenters. The molecular weight excluding hydrogens is 222 g/mol. The average molecular weight is 247 g/mol. The lowest BCUT2D eigenvalue weighted by atomic mass is 10.0. The van der Waals surface area contributed by atoms with Gasteiger partial charge in [-0.05, 0) is 49.3 Å². The molecule has 0 amide bonds. The Labute approximate surface area is 111 Å². The molecule has 0 saturated heterocycles. The van der Waals surface area contributed by atoms with Crippen LogP contribution in [0.4, 0.5) is 0 Å². The molecule has 1 aliphatic rings. The van der Waals surface area contributed by atoms with Crippen LogP contribution < -0.4 is 10.5 Å². The molecule has 2 rings (SSSR count). The van der Waals surface area contributed by atoms with Crippen molar-refractivity contribution in [3.05, 3.63) is 29.8 Å². The molecule has 18 heavy (non-hydrogen) atoms. The normalized spacial score (nSPS) is 17.9. The molecule has 0 aliphatic heterocycles. The van der Waals surface area contributed by atoms with Crippen molar-refractivity contribution >= 4 is 0 Å². The van der Waals surface area contributed by atoms with Crippen molar-refractivity contribution in [1.29, 1.82) is 0 Å². The van der Waals surface area contributed by atoms with Gasteiger partial charge >= 0.3 is 0 Å². The molecule has 2 nitrogen and oxygen atoms in total. The van der Waals surface area contributed by atoms with Crippen molar-refractivity contribution in [2.45, 2.75) is 51.5 Å². The zero-order valence-electron chi connectivity index (χ0n) is 11.4. The van der Waals surface area contributed by atoms with E-state index in [0.29, 0.717) is 0 Å². The van der Waals surface area contributed by atoms with Crippen LogP contribution in [-0.4, -0.2) is 12.6 Å². The molecule has 1 aromatic rings. The van der Waals surface area contributed by atoms with Gasteiger partial charge in [0, 0.05) is 6.04 Å². The van der Waals surface area contributed by atoms with E-state index in [0.717, 1.165) is 31.1 Å². The largest absolute Gasteiger partial charge is 0.493 e. The summed E-state index contributed by atoms with van der Waals surface area (Å²) in [7, 11) is 0. The highest BCUT2D eigenvalue weighted by Crippen LogP contribution is 2.25. The molecule has 2 heteroatoms. The van der Waals surface area contributed by atoms with E-state index in [9.17, 15) is 0 Å². The molecular formula is C16H25NO. The van der Waals surface area contributed by atoms with Gasteiger partial charge in [0.15, 0.2) is 0 Å². The number of nitrogens with two attached hydrogens (primary N) is 1. The maximum Gasteiger partial charge on any atom is 0.119 e. The molecule has 2 N–H and O–H groups in total. The first-order valence-electron chi connectivity index (χ1n) is 7.25. The van der Waals surface area contributed by atoms with Crippen LogP contribution in [0.25, 0.3) is 0 Å². The second-order valence-electron chi connectivity index (χ2n) is 5.48. The van der Waals surface area contributed by atoms with Crippen LogP contribution in [0, 0.1) is 5.92 Å². The molecule has 1 fully saturated rings. The summed E-state index contributed by atoms with van der Waals surface area (Å²) in [5.74, 6) is 1.77. The fourth-order valence-electron chi connectivity index (χ4n) is 2.56. The highest BCUT2D eigenvalue weighted by atomic mass is 16.5. The van der Waals surface area contributed by atoms with E-state index in [1.165, 1.54) is 31.2 Å². The number of rotatable bonds is 6. The van der Waals surface area contributed by atoms with E-state index in [1.807, 2.05) is 0 Å².